The van der Waals surface area contributed by atoms with E-state index in [1.54, 1.807) is 0 Å². The van der Waals surface area contributed by atoms with Crippen LogP contribution in [-0.2, 0) is 4.79 Å². The number of halogens is 2. The highest BCUT2D eigenvalue weighted by molar-refractivity contribution is 5.78. The van der Waals surface area contributed by atoms with Crippen LogP contribution in [0.2, 0.25) is 0 Å². The third-order valence-electron chi connectivity index (χ3n) is 5.07. The third-order valence-corrected chi connectivity index (χ3v) is 5.07. The summed E-state index contributed by atoms with van der Waals surface area (Å²) in [5, 5.41) is 0. The molecule has 1 aliphatic rings. The molecule has 1 aromatic rings. The number of carbonyl (C=O) groups is 1. The van der Waals surface area contributed by atoms with Gasteiger partial charge in [0.1, 0.15) is 11.6 Å². The Morgan fingerprint density at radius 3 is 2.27 bits per heavy atom. The molecule has 0 spiro atoms. The van der Waals surface area contributed by atoms with Gasteiger partial charge in [0, 0.05) is 56.9 Å². The van der Waals surface area contributed by atoms with Crippen molar-refractivity contribution in [2.24, 2.45) is 0 Å². The molecule has 0 bridgehead atoms. The van der Waals surface area contributed by atoms with E-state index in [1.165, 1.54) is 12.1 Å². The maximum absolute atomic E-state index is 14.0. The second-order valence-corrected chi connectivity index (χ2v) is 7.03. The van der Waals surface area contributed by atoms with Gasteiger partial charge in [0.15, 0.2) is 0 Å². The summed E-state index contributed by atoms with van der Waals surface area (Å²) in [6, 6.07) is 3.67. The molecular formula is C20H31F2N3O. The molecule has 0 aliphatic carbocycles. The third kappa shape index (κ3) is 5.48. The normalized spacial score (nSPS) is 17.3. The highest BCUT2D eigenvalue weighted by atomic mass is 19.1. The van der Waals surface area contributed by atoms with Crippen molar-refractivity contribution in [2.75, 3.05) is 45.8 Å². The maximum Gasteiger partial charge on any atom is 0.236 e. The lowest BCUT2D eigenvalue weighted by Gasteiger charge is -2.38. The van der Waals surface area contributed by atoms with Gasteiger partial charge < -0.3 is 4.90 Å². The lowest BCUT2D eigenvalue weighted by atomic mass is 10.1. The molecular weight excluding hydrogens is 336 g/mol. The maximum atomic E-state index is 14.0. The first kappa shape index (κ1) is 20.8. The molecule has 26 heavy (non-hydrogen) atoms. The second kappa shape index (κ2) is 9.97. The molecule has 0 saturated carbocycles. The second-order valence-electron chi connectivity index (χ2n) is 7.03. The van der Waals surface area contributed by atoms with E-state index >= 15 is 0 Å². The van der Waals surface area contributed by atoms with Crippen molar-refractivity contribution in [1.82, 2.24) is 14.7 Å². The van der Waals surface area contributed by atoms with Crippen molar-refractivity contribution < 1.29 is 13.6 Å². The van der Waals surface area contributed by atoms with Gasteiger partial charge in [-0.3, -0.25) is 14.6 Å². The summed E-state index contributed by atoms with van der Waals surface area (Å²) in [4.78, 5) is 18.8. The predicted octanol–water partition coefficient (Wildman–Crippen LogP) is 3.29. The molecule has 1 fully saturated rings. The minimum atomic E-state index is -0.550. The van der Waals surface area contributed by atoms with Crippen LogP contribution in [0.4, 0.5) is 8.78 Å². The zero-order chi connectivity index (χ0) is 19.1. The Morgan fingerprint density at radius 1 is 1.12 bits per heavy atom. The number of carbonyl (C=O) groups excluding carboxylic acids is 1. The number of hydrogen-bond acceptors (Lipinski definition) is 3. The Morgan fingerprint density at radius 2 is 1.73 bits per heavy atom. The lowest BCUT2D eigenvalue weighted by Crippen LogP contribution is -2.50. The van der Waals surface area contributed by atoms with Crippen LogP contribution in [0.3, 0.4) is 0 Å². The van der Waals surface area contributed by atoms with Crippen LogP contribution >= 0.6 is 0 Å². The van der Waals surface area contributed by atoms with Crippen molar-refractivity contribution in [2.45, 2.75) is 39.7 Å². The van der Waals surface area contributed by atoms with Crippen LogP contribution in [0.1, 0.15) is 45.2 Å². The Balaban J connectivity index is 1.87. The SMILES string of the molecule is CCCN(CCC)C(=O)CN1CCN(C(C)c2ccc(F)cc2F)CC1. The van der Waals surface area contributed by atoms with Gasteiger partial charge in [-0.1, -0.05) is 19.9 Å². The Hall–Kier alpha value is -1.53. The standard InChI is InChI=1S/C20H31F2N3O/c1-4-8-25(9-5-2)20(26)15-23-10-12-24(13-11-23)16(3)18-7-6-17(21)14-19(18)22/h6-7,14,16H,4-5,8-13,15H2,1-3H3. The smallest absolute Gasteiger partial charge is 0.236 e. The minimum absolute atomic E-state index is 0.106. The fourth-order valence-corrected chi connectivity index (χ4v) is 3.54. The summed E-state index contributed by atoms with van der Waals surface area (Å²) in [6.07, 6.45) is 1.94. The molecule has 1 aliphatic heterocycles. The van der Waals surface area contributed by atoms with Crippen LogP contribution in [0.25, 0.3) is 0 Å². The first-order valence-corrected chi connectivity index (χ1v) is 9.65. The van der Waals surface area contributed by atoms with Crippen molar-refractivity contribution in [3.63, 3.8) is 0 Å². The highest BCUT2D eigenvalue weighted by Gasteiger charge is 2.25. The first-order chi connectivity index (χ1) is 12.5. The minimum Gasteiger partial charge on any atom is -0.342 e. The van der Waals surface area contributed by atoms with Gasteiger partial charge >= 0.3 is 0 Å². The largest absolute Gasteiger partial charge is 0.342 e. The first-order valence-electron chi connectivity index (χ1n) is 9.65. The molecule has 0 radical (unpaired) electrons. The zero-order valence-electron chi connectivity index (χ0n) is 16.2. The fourth-order valence-electron chi connectivity index (χ4n) is 3.54. The van der Waals surface area contributed by atoms with E-state index in [9.17, 15) is 13.6 Å². The average Bonchev–Trinajstić information content (AvgIpc) is 2.61. The van der Waals surface area contributed by atoms with E-state index in [0.717, 1.165) is 58.2 Å². The zero-order valence-corrected chi connectivity index (χ0v) is 16.2. The van der Waals surface area contributed by atoms with Gasteiger partial charge in [-0.05, 0) is 25.8 Å². The van der Waals surface area contributed by atoms with Gasteiger partial charge in [-0.2, -0.15) is 0 Å². The molecule has 1 unspecified atom stereocenters. The summed E-state index contributed by atoms with van der Waals surface area (Å²) in [5.41, 5.74) is 0.521. The van der Waals surface area contributed by atoms with Gasteiger partial charge in [0.2, 0.25) is 5.91 Å². The van der Waals surface area contributed by atoms with E-state index < -0.39 is 11.6 Å². The van der Waals surface area contributed by atoms with E-state index in [-0.39, 0.29) is 11.9 Å². The molecule has 0 aromatic heterocycles. The average molecular weight is 367 g/mol. The van der Waals surface area contributed by atoms with E-state index in [2.05, 4.69) is 23.6 Å². The Kier molecular flexibility index (Phi) is 7.97. The molecule has 0 N–H and O–H groups in total. The van der Waals surface area contributed by atoms with E-state index in [1.807, 2.05) is 11.8 Å². The van der Waals surface area contributed by atoms with Crippen LogP contribution in [0.15, 0.2) is 18.2 Å². The van der Waals surface area contributed by atoms with Gasteiger partial charge in [0.05, 0.1) is 6.54 Å². The molecule has 1 heterocycles. The monoisotopic (exact) mass is 367 g/mol. The highest BCUT2D eigenvalue weighted by Crippen LogP contribution is 2.24. The summed E-state index contributed by atoms with van der Waals surface area (Å²) in [5.74, 6) is -0.852. The summed E-state index contributed by atoms with van der Waals surface area (Å²) < 4.78 is 27.1. The quantitative estimate of drug-likeness (QED) is 0.705. The molecule has 1 aromatic carbocycles. The van der Waals surface area contributed by atoms with Crippen molar-refractivity contribution in [3.8, 4) is 0 Å². The van der Waals surface area contributed by atoms with Crippen molar-refractivity contribution in [1.29, 1.82) is 0 Å². The summed E-state index contributed by atoms with van der Waals surface area (Å²) >= 11 is 0. The summed E-state index contributed by atoms with van der Waals surface area (Å²) in [7, 11) is 0. The molecule has 146 valence electrons. The predicted molar refractivity (Wildman–Crippen MR) is 99.9 cm³/mol. The van der Waals surface area contributed by atoms with E-state index in [0.29, 0.717) is 12.1 Å². The number of benzene rings is 1. The van der Waals surface area contributed by atoms with E-state index in [4.69, 9.17) is 0 Å². The number of nitrogens with zero attached hydrogens (tertiary/aromatic N) is 3. The lowest BCUT2D eigenvalue weighted by molar-refractivity contribution is -0.133. The van der Waals surface area contributed by atoms with Gasteiger partial charge in [-0.25, -0.2) is 8.78 Å². The van der Waals surface area contributed by atoms with Crippen molar-refractivity contribution >= 4 is 5.91 Å². The number of hydrogen-bond donors (Lipinski definition) is 0. The van der Waals surface area contributed by atoms with Crippen LogP contribution in [0, 0.1) is 11.6 Å². The Bertz CT molecular complexity index is 582. The number of rotatable bonds is 8. The van der Waals surface area contributed by atoms with Gasteiger partial charge in [0.25, 0.3) is 0 Å². The number of piperazine rings is 1. The Labute approximate surface area is 155 Å². The molecule has 1 atom stereocenters. The molecule has 4 nitrogen and oxygen atoms in total. The molecule has 1 saturated heterocycles. The topological polar surface area (TPSA) is 26.8 Å². The number of amides is 1. The molecule has 2 rings (SSSR count). The summed E-state index contributed by atoms with van der Waals surface area (Å²) in [6.45, 7) is 11.3. The van der Waals surface area contributed by atoms with Crippen molar-refractivity contribution in [3.05, 3.63) is 35.4 Å². The van der Waals surface area contributed by atoms with Crippen LogP contribution in [-0.4, -0.2) is 66.4 Å². The van der Waals surface area contributed by atoms with Crippen LogP contribution < -0.4 is 0 Å². The molecule has 1 amide bonds. The fraction of sp³-hybridized carbons (Fsp3) is 0.650. The van der Waals surface area contributed by atoms with Crippen LogP contribution in [0.5, 0.6) is 0 Å². The molecule has 6 heteroatoms. The van der Waals surface area contributed by atoms with Gasteiger partial charge in [-0.15, -0.1) is 0 Å².